The van der Waals surface area contributed by atoms with E-state index >= 15 is 0 Å². The van der Waals surface area contributed by atoms with E-state index in [2.05, 4.69) is 11.6 Å². The normalized spacial score (nSPS) is 10.8. The van der Waals surface area contributed by atoms with Crippen LogP contribution in [0.15, 0.2) is 61.4 Å². The zero-order valence-corrected chi connectivity index (χ0v) is 14.9. The van der Waals surface area contributed by atoms with E-state index in [1.54, 1.807) is 23.4 Å². The van der Waals surface area contributed by atoms with Crippen LogP contribution >= 0.6 is 0 Å². The van der Waals surface area contributed by atoms with Crippen molar-refractivity contribution in [1.82, 2.24) is 14.5 Å². The van der Waals surface area contributed by atoms with E-state index in [0.29, 0.717) is 25.2 Å². The summed E-state index contributed by atoms with van der Waals surface area (Å²) in [6.45, 7) is 7.38. The van der Waals surface area contributed by atoms with Gasteiger partial charge < -0.3 is 14.6 Å². The first kappa shape index (κ1) is 17.9. The van der Waals surface area contributed by atoms with Gasteiger partial charge in [-0.25, -0.2) is 4.98 Å². The van der Waals surface area contributed by atoms with Gasteiger partial charge in [0, 0.05) is 25.2 Å². The number of hydrogen-bond donors (Lipinski definition) is 1. The molecule has 0 spiro atoms. The maximum Gasteiger partial charge on any atom is 0.254 e. The van der Waals surface area contributed by atoms with E-state index < -0.39 is 0 Å². The van der Waals surface area contributed by atoms with Crippen LogP contribution in [0.3, 0.4) is 0 Å². The van der Waals surface area contributed by atoms with E-state index in [1.165, 1.54) is 0 Å². The molecule has 3 rings (SSSR count). The Morgan fingerprint density at radius 3 is 2.85 bits per heavy atom. The van der Waals surface area contributed by atoms with Crippen LogP contribution in [0.5, 0.6) is 0 Å². The van der Waals surface area contributed by atoms with E-state index in [0.717, 1.165) is 22.2 Å². The molecule has 134 valence electrons. The highest BCUT2D eigenvalue weighted by molar-refractivity contribution is 5.97. The van der Waals surface area contributed by atoms with Gasteiger partial charge in [-0.05, 0) is 36.2 Å². The minimum absolute atomic E-state index is 0.0493. The smallest absolute Gasteiger partial charge is 0.254 e. The van der Waals surface area contributed by atoms with Gasteiger partial charge in [-0.3, -0.25) is 4.79 Å². The summed E-state index contributed by atoms with van der Waals surface area (Å²) in [6, 6.07) is 13.6. The summed E-state index contributed by atoms with van der Waals surface area (Å²) in [5.74, 6) is -0.0493. The summed E-state index contributed by atoms with van der Waals surface area (Å²) in [6.07, 6.45) is 3.43. The maximum absolute atomic E-state index is 13.0. The Labute approximate surface area is 153 Å². The highest BCUT2D eigenvalue weighted by atomic mass is 16.3. The lowest BCUT2D eigenvalue weighted by Gasteiger charge is -2.22. The molecule has 5 nitrogen and oxygen atoms in total. The number of aliphatic hydroxyl groups is 1. The molecule has 0 aliphatic rings. The lowest BCUT2D eigenvalue weighted by atomic mass is 10.1. The third kappa shape index (κ3) is 3.68. The topological polar surface area (TPSA) is 58.4 Å². The lowest BCUT2D eigenvalue weighted by molar-refractivity contribution is 0.0762. The van der Waals surface area contributed by atoms with E-state index in [-0.39, 0.29) is 12.5 Å². The van der Waals surface area contributed by atoms with Crippen LogP contribution in [0.25, 0.3) is 11.0 Å². The molecule has 2 aromatic carbocycles. The predicted molar refractivity (Wildman–Crippen MR) is 103 cm³/mol. The van der Waals surface area contributed by atoms with Gasteiger partial charge in [0.05, 0.1) is 24.0 Å². The number of nitrogens with zero attached hydrogens (tertiary/aromatic N) is 3. The zero-order valence-electron chi connectivity index (χ0n) is 14.9. The van der Waals surface area contributed by atoms with Crippen molar-refractivity contribution in [3.8, 4) is 0 Å². The van der Waals surface area contributed by atoms with Gasteiger partial charge in [-0.2, -0.15) is 0 Å². The van der Waals surface area contributed by atoms with Crippen LogP contribution in [0.2, 0.25) is 0 Å². The molecule has 0 atom stereocenters. The number of imidazole rings is 1. The molecule has 1 heterocycles. The van der Waals surface area contributed by atoms with Crippen molar-refractivity contribution in [2.24, 2.45) is 0 Å². The molecule has 0 bridgehead atoms. The molecule has 0 saturated heterocycles. The maximum atomic E-state index is 13.0. The first-order chi connectivity index (χ1) is 12.6. The number of aryl methyl sites for hydroxylation is 1. The van der Waals surface area contributed by atoms with Crippen molar-refractivity contribution < 1.29 is 9.90 Å². The molecule has 1 amide bonds. The number of rotatable bonds is 7. The van der Waals surface area contributed by atoms with Crippen molar-refractivity contribution in [2.45, 2.75) is 20.0 Å². The van der Waals surface area contributed by atoms with Crippen LogP contribution < -0.4 is 0 Å². The molecule has 5 heteroatoms. The highest BCUT2D eigenvalue weighted by Gasteiger charge is 2.17. The number of carbonyl (C=O) groups excluding carboxylic acids is 1. The Kier molecular flexibility index (Phi) is 5.49. The summed E-state index contributed by atoms with van der Waals surface area (Å²) in [5.41, 5.74) is 4.54. The molecule has 1 N–H and O–H groups in total. The SMILES string of the molecule is C=CCN(Cc1ccccc1C)C(=O)c1ccc2c(c1)ncn2CCO. The van der Waals surface area contributed by atoms with Gasteiger partial charge in [0.25, 0.3) is 5.91 Å². The minimum atomic E-state index is -0.0493. The number of hydrogen-bond acceptors (Lipinski definition) is 3. The molecule has 0 unspecified atom stereocenters. The van der Waals surface area contributed by atoms with Crippen LogP contribution in [0, 0.1) is 6.92 Å². The second-order valence-electron chi connectivity index (χ2n) is 6.27. The number of fused-ring (bicyclic) bond motifs is 1. The Hall–Kier alpha value is -2.92. The van der Waals surface area contributed by atoms with E-state index in [4.69, 9.17) is 5.11 Å². The Morgan fingerprint density at radius 1 is 1.31 bits per heavy atom. The Morgan fingerprint density at radius 2 is 2.12 bits per heavy atom. The van der Waals surface area contributed by atoms with Crippen molar-refractivity contribution >= 4 is 16.9 Å². The third-order valence-electron chi connectivity index (χ3n) is 4.47. The number of carbonyl (C=O) groups is 1. The van der Waals surface area contributed by atoms with Crippen molar-refractivity contribution in [3.63, 3.8) is 0 Å². The van der Waals surface area contributed by atoms with Gasteiger partial charge in [0.1, 0.15) is 0 Å². The average Bonchev–Trinajstić information content (AvgIpc) is 3.05. The monoisotopic (exact) mass is 349 g/mol. The Bertz CT molecular complexity index is 930. The number of aliphatic hydroxyl groups excluding tert-OH is 1. The van der Waals surface area contributed by atoms with Gasteiger partial charge in [-0.15, -0.1) is 6.58 Å². The highest BCUT2D eigenvalue weighted by Crippen LogP contribution is 2.18. The van der Waals surface area contributed by atoms with Gasteiger partial charge in [-0.1, -0.05) is 30.3 Å². The van der Waals surface area contributed by atoms with E-state index in [1.807, 2.05) is 47.9 Å². The molecular weight excluding hydrogens is 326 g/mol. The van der Waals surface area contributed by atoms with Crippen molar-refractivity contribution in [2.75, 3.05) is 13.2 Å². The average molecular weight is 349 g/mol. The zero-order chi connectivity index (χ0) is 18.5. The largest absolute Gasteiger partial charge is 0.395 e. The molecular formula is C21H23N3O2. The first-order valence-corrected chi connectivity index (χ1v) is 8.64. The van der Waals surface area contributed by atoms with Gasteiger partial charge in [0.15, 0.2) is 0 Å². The van der Waals surface area contributed by atoms with Gasteiger partial charge in [0.2, 0.25) is 0 Å². The molecule has 0 aliphatic heterocycles. The molecule has 0 saturated carbocycles. The summed E-state index contributed by atoms with van der Waals surface area (Å²) in [4.78, 5) is 19.2. The van der Waals surface area contributed by atoms with Crippen LogP contribution in [0.4, 0.5) is 0 Å². The molecule has 0 radical (unpaired) electrons. The quantitative estimate of drug-likeness (QED) is 0.667. The van der Waals surface area contributed by atoms with Crippen molar-refractivity contribution in [1.29, 1.82) is 0 Å². The molecule has 0 aliphatic carbocycles. The van der Waals surface area contributed by atoms with E-state index in [9.17, 15) is 4.79 Å². The van der Waals surface area contributed by atoms with Crippen LogP contribution in [0.1, 0.15) is 21.5 Å². The molecule has 26 heavy (non-hydrogen) atoms. The fraction of sp³-hybridized carbons (Fsp3) is 0.238. The fourth-order valence-corrected chi connectivity index (χ4v) is 3.03. The summed E-state index contributed by atoms with van der Waals surface area (Å²) in [7, 11) is 0. The summed E-state index contributed by atoms with van der Waals surface area (Å²) in [5, 5.41) is 9.12. The summed E-state index contributed by atoms with van der Waals surface area (Å²) < 4.78 is 1.87. The molecule has 1 aromatic heterocycles. The number of aromatic nitrogens is 2. The van der Waals surface area contributed by atoms with Gasteiger partial charge >= 0.3 is 0 Å². The van der Waals surface area contributed by atoms with Crippen LogP contribution in [-0.2, 0) is 13.1 Å². The predicted octanol–water partition coefficient (Wildman–Crippen LogP) is 3.17. The first-order valence-electron chi connectivity index (χ1n) is 8.64. The minimum Gasteiger partial charge on any atom is -0.395 e. The van der Waals surface area contributed by atoms with Crippen LogP contribution in [-0.4, -0.2) is 38.6 Å². The number of benzene rings is 2. The number of amides is 1. The summed E-state index contributed by atoms with van der Waals surface area (Å²) >= 11 is 0. The fourth-order valence-electron chi connectivity index (χ4n) is 3.03. The third-order valence-corrected chi connectivity index (χ3v) is 4.47. The molecule has 0 fully saturated rings. The second-order valence-corrected chi connectivity index (χ2v) is 6.27. The lowest BCUT2D eigenvalue weighted by Crippen LogP contribution is -2.31. The Balaban J connectivity index is 1.88. The second kappa shape index (κ2) is 7.97. The standard InChI is InChI=1S/C21H23N3O2/c1-3-10-23(14-18-7-5-4-6-16(18)2)21(26)17-8-9-20-19(13-17)22-15-24(20)11-12-25/h3-9,13,15,25H,1,10-12,14H2,2H3. The molecule has 3 aromatic rings. The van der Waals surface area contributed by atoms with Crippen molar-refractivity contribution in [3.05, 3.63) is 78.1 Å².